The van der Waals surface area contributed by atoms with Crippen molar-refractivity contribution in [2.75, 3.05) is 0 Å². The third kappa shape index (κ3) is 1010. The van der Waals surface area contributed by atoms with E-state index in [-0.39, 0.29) is 51.4 Å². The molecule has 0 aromatic heterocycles. The molecule has 0 rings (SSSR count). The van der Waals surface area contributed by atoms with Gasteiger partial charge in [0.2, 0.25) is 0 Å². The first-order valence-electron chi connectivity index (χ1n) is 0. The van der Waals surface area contributed by atoms with Crippen LogP contribution in [-0.2, 0) is 18.6 Å². The van der Waals surface area contributed by atoms with Crippen LogP contribution in [0.25, 0.3) is 0 Å². The topological polar surface area (TPSA) is 182 Å². The van der Waals surface area contributed by atoms with Crippen LogP contribution in [0.2, 0.25) is 0 Å². The van der Waals surface area contributed by atoms with Crippen molar-refractivity contribution in [1.29, 1.82) is 0 Å². The minimum absolute atomic E-state index is 0. The Kier molecular flexibility index (Phi) is 544000. The smallest absolute Gasteiger partial charge is 0 e. The third-order valence-corrected chi connectivity index (χ3v) is 0. The predicted octanol–water partition coefficient (Wildman–Crippen LogP) is -1.71. The maximum atomic E-state index is 0. The number of hydrogen-bond acceptors (Lipinski definition) is 5. The molecule has 0 saturated carbocycles. The average molecular weight is 154 g/mol. The molecule has 7 N–H and O–H groups in total. The van der Waals surface area contributed by atoms with Crippen LogP contribution in [0.1, 0.15) is 0 Å². The van der Waals surface area contributed by atoms with Crippen molar-refractivity contribution in [2.24, 2.45) is 0 Å². The number of rotatable bonds is 0. The first kappa shape index (κ1) is 2490. The molecular weight excluding hydrogens is 147 g/mol. The summed E-state index contributed by atoms with van der Waals surface area (Å²) in [6, 6.07) is 0. The van der Waals surface area contributed by atoms with Gasteiger partial charge in [0.25, 0.3) is 0 Å². The molecule has 0 aromatic carbocycles. The van der Waals surface area contributed by atoms with Gasteiger partial charge in [0.15, 0.2) is 0 Å². The van der Waals surface area contributed by atoms with Crippen molar-refractivity contribution in [3.05, 3.63) is 0 Å². The fraction of sp³-hybridized carbons (Fsp3) is 0. The molecule has 0 bridgehead atoms. The van der Waals surface area contributed by atoms with Crippen LogP contribution in [0.5, 0.6) is 0 Å². The van der Waals surface area contributed by atoms with E-state index in [0.29, 0.717) is 0 Å². The first-order chi connectivity index (χ1) is 0. The summed E-state index contributed by atoms with van der Waals surface area (Å²) >= 11 is 0. The van der Waals surface area contributed by atoms with E-state index < -0.39 is 0 Å². The summed E-state index contributed by atoms with van der Waals surface area (Å²) in [4.78, 5) is 0. The molecule has 0 aliphatic rings. The third-order valence-electron chi connectivity index (χ3n) is 0. The fourth-order valence-corrected chi connectivity index (χ4v) is 0. The zero-order valence-electron chi connectivity index (χ0n) is 3.18. The summed E-state index contributed by atoms with van der Waals surface area (Å²) < 4.78 is 0. The van der Waals surface area contributed by atoms with E-state index in [1.165, 1.54) is 0 Å². The minimum atomic E-state index is 0. The molecule has 0 aromatic rings. The maximum Gasteiger partial charge on any atom is 0 e. The molecule has 0 amide bonds. The van der Waals surface area contributed by atoms with Crippen LogP contribution in [0.15, 0.2) is 0 Å². The summed E-state index contributed by atoms with van der Waals surface area (Å²) in [7, 11) is 0. The summed E-state index contributed by atoms with van der Waals surface area (Å²) in [5.41, 5.74) is 0. The summed E-state index contributed by atoms with van der Waals surface area (Å²) in [6.45, 7) is 0. The second-order valence-corrected chi connectivity index (χ2v) is 0. The second-order valence-electron chi connectivity index (χ2n) is 0. The van der Waals surface area contributed by atoms with Gasteiger partial charge >= 0.3 is 0 Å². The van der Waals surface area contributed by atoms with Crippen LogP contribution in [0, 0.1) is 0 Å². The van der Waals surface area contributed by atoms with Gasteiger partial charge < -0.3 is 32.9 Å². The van der Waals surface area contributed by atoms with Crippen LogP contribution in [-0.4, -0.2) is 32.9 Å². The Morgan fingerprint density at radius 2 is 0.429 bits per heavy atom. The summed E-state index contributed by atoms with van der Waals surface area (Å²) in [5, 5.41) is 0. The van der Waals surface area contributed by atoms with Crippen LogP contribution >= 0.6 is 0 Å². The molecule has 0 aliphatic carbocycles. The standard InChI is InChI=1S/6H2O.V/h6*1H2;/p-5. The van der Waals surface area contributed by atoms with Gasteiger partial charge in [-0.1, -0.05) is 0 Å². The van der Waals surface area contributed by atoms with Crippen LogP contribution in [0.3, 0.4) is 0 Å². The molecule has 0 saturated heterocycles. The Hall–Kier alpha value is 0.344. The summed E-state index contributed by atoms with van der Waals surface area (Å²) in [5.74, 6) is 0. The molecule has 0 aliphatic heterocycles. The quantitative estimate of drug-likeness (QED) is 0.401. The predicted molar refractivity (Wildman–Crippen MR) is 13.3 cm³/mol. The van der Waals surface area contributed by atoms with Gasteiger partial charge in [-0.2, -0.15) is 0 Å². The van der Waals surface area contributed by atoms with Gasteiger partial charge in [-0.25, -0.2) is 0 Å². The zero-order chi connectivity index (χ0) is 0. The monoisotopic (exact) mass is 154 g/mol. The molecular formula is H7O6V-5. The van der Waals surface area contributed by atoms with Crippen molar-refractivity contribution in [1.82, 2.24) is 0 Å². The molecule has 0 heterocycles. The molecule has 1 radical (unpaired) electrons. The van der Waals surface area contributed by atoms with E-state index in [9.17, 15) is 0 Å². The van der Waals surface area contributed by atoms with Gasteiger partial charge in [-0.15, -0.1) is 0 Å². The van der Waals surface area contributed by atoms with Gasteiger partial charge in [-0.3, -0.25) is 0 Å². The minimum Gasteiger partial charge on any atom is -0.870 e. The normalized spacial score (nSPS) is 0. The van der Waals surface area contributed by atoms with E-state index in [4.69, 9.17) is 0 Å². The molecule has 7 heavy (non-hydrogen) atoms. The average Bonchev–Trinajstić information content (AvgIpc) is 0. The summed E-state index contributed by atoms with van der Waals surface area (Å²) in [6.07, 6.45) is 0. The van der Waals surface area contributed by atoms with Crippen molar-refractivity contribution in [2.45, 2.75) is 0 Å². The van der Waals surface area contributed by atoms with E-state index in [1.807, 2.05) is 0 Å². The molecule has 53 valence electrons. The van der Waals surface area contributed by atoms with E-state index in [0.717, 1.165) is 0 Å². The Labute approximate surface area is 52.3 Å². The van der Waals surface area contributed by atoms with E-state index >= 15 is 0 Å². The molecule has 0 spiro atoms. The maximum absolute atomic E-state index is 0. The molecule has 7 heteroatoms. The Bertz CT molecular complexity index is 4.14. The van der Waals surface area contributed by atoms with Crippen LogP contribution < -0.4 is 0 Å². The van der Waals surface area contributed by atoms with E-state index in [2.05, 4.69) is 0 Å². The van der Waals surface area contributed by atoms with Gasteiger partial charge in [0, 0.05) is 18.6 Å². The fourth-order valence-electron chi connectivity index (χ4n) is 0. The van der Waals surface area contributed by atoms with Gasteiger partial charge in [-0.05, 0) is 0 Å². The van der Waals surface area contributed by atoms with Crippen LogP contribution in [0.4, 0.5) is 0 Å². The molecule has 0 atom stereocenters. The van der Waals surface area contributed by atoms with Crippen molar-refractivity contribution < 1.29 is 51.4 Å². The number of hydrogen-bond donors (Lipinski definition) is 0. The van der Waals surface area contributed by atoms with Gasteiger partial charge in [0.05, 0.1) is 0 Å². The Morgan fingerprint density at radius 3 is 0.429 bits per heavy atom. The Morgan fingerprint density at radius 1 is 0.429 bits per heavy atom. The SMILES string of the molecule is O.[OH-].[OH-].[OH-].[OH-].[OH-].[V]. The molecule has 0 unspecified atom stereocenters. The molecule has 6 nitrogen and oxygen atoms in total. The second kappa shape index (κ2) is 1530. The van der Waals surface area contributed by atoms with Gasteiger partial charge in [0.1, 0.15) is 0 Å². The first-order valence-corrected chi connectivity index (χ1v) is 0. The Balaban J connectivity index is 0. The van der Waals surface area contributed by atoms with Crippen molar-refractivity contribution in [3.63, 3.8) is 0 Å². The molecule has 0 fully saturated rings. The van der Waals surface area contributed by atoms with Crippen molar-refractivity contribution >= 4 is 0 Å². The van der Waals surface area contributed by atoms with E-state index in [1.54, 1.807) is 0 Å². The van der Waals surface area contributed by atoms with Crippen molar-refractivity contribution in [3.8, 4) is 0 Å². The largest absolute Gasteiger partial charge is 0.870 e. The zero-order valence-corrected chi connectivity index (χ0v) is 4.58.